The van der Waals surface area contributed by atoms with Crippen LogP contribution in [0.5, 0.6) is 0 Å². The summed E-state index contributed by atoms with van der Waals surface area (Å²) in [5.74, 6) is 0.301. The van der Waals surface area contributed by atoms with Crippen molar-refractivity contribution in [3.8, 4) is 11.4 Å². The summed E-state index contributed by atoms with van der Waals surface area (Å²) >= 11 is 0. The number of hydrogen-bond donors (Lipinski definition) is 1. The van der Waals surface area contributed by atoms with Gasteiger partial charge in [0.1, 0.15) is 11.4 Å². The molecule has 160 valence electrons. The second-order valence-corrected chi connectivity index (χ2v) is 7.60. The first-order valence-electron chi connectivity index (χ1n) is 10.5. The Morgan fingerprint density at radius 1 is 1.23 bits per heavy atom. The molecule has 0 bridgehead atoms. The first-order valence-corrected chi connectivity index (χ1v) is 10.5. The van der Waals surface area contributed by atoms with E-state index in [1.807, 2.05) is 31.2 Å². The van der Waals surface area contributed by atoms with E-state index in [1.165, 1.54) is 13.3 Å². The van der Waals surface area contributed by atoms with Crippen LogP contribution in [0.15, 0.2) is 30.5 Å². The molecule has 0 saturated heterocycles. The minimum Gasteiger partial charge on any atom is -0.469 e. The van der Waals surface area contributed by atoms with Crippen LogP contribution in [0.25, 0.3) is 11.4 Å². The van der Waals surface area contributed by atoms with Gasteiger partial charge in [0.2, 0.25) is 0 Å². The zero-order chi connectivity index (χ0) is 21.5. The fourth-order valence-electron chi connectivity index (χ4n) is 3.94. The summed E-state index contributed by atoms with van der Waals surface area (Å²) in [6.07, 6.45) is 5.35. The highest BCUT2D eigenvalue weighted by Crippen LogP contribution is 2.31. The molecule has 0 aliphatic heterocycles. The van der Waals surface area contributed by atoms with Crippen molar-refractivity contribution in [2.45, 2.75) is 39.5 Å². The molecule has 2 aromatic rings. The molecule has 0 amide bonds. The second kappa shape index (κ2) is 10.2. The molecule has 1 aliphatic carbocycles. The monoisotopic (exact) mass is 411 g/mol. The Balaban J connectivity index is 1.87. The van der Waals surface area contributed by atoms with E-state index in [1.54, 1.807) is 6.92 Å². The fourth-order valence-corrected chi connectivity index (χ4v) is 3.94. The van der Waals surface area contributed by atoms with Crippen LogP contribution in [-0.4, -0.2) is 42.2 Å². The highest BCUT2D eigenvalue weighted by atomic mass is 16.5. The van der Waals surface area contributed by atoms with E-state index < -0.39 is 5.97 Å². The molecule has 2 atom stereocenters. The first-order chi connectivity index (χ1) is 14.5. The minimum absolute atomic E-state index is 0.124. The normalized spacial score (nSPS) is 18.5. The van der Waals surface area contributed by atoms with Crippen molar-refractivity contribution >= 4 is 17.8 Å². The van der Waals surface area contributed by atoms with E-state index in [0.717, 1.165) is 36.8 Å². The standard InChI is InChI=1S/C23H29N3O4/c1-4-30-23(28)19-14-25-20(16-10-7-8-15(2)12-16)26-21(19)24-13-17-9-5-6-11-18(17)22(27)29-3/h7-8,10,12,14,17-18H,4-6,9,11,13H2,1-3H3,(H,24,25,26). The molecule has 7 nitrogen and oxygen atoms in total. The number of hydrogen-bond acceptors (Lipinski definition) is 7. The molecular formula is C23H29N3O4. The average molecular weight is 412 g/mol. The molecule has 3 rings (SSSR count). The van der Waals surface area contributed by atoms with Gasteiger partial charge in [-0.25, -0.2) is 14.8 Å². The summed E-state index contributed by atoms with van der Waals surface area (Å²) in [7, 11) is 1.43. The molecule has 1 aromatic heterocycles. The van der Waals surface area contributed by atoms with Crippen LogP contribution < -0.4 is 5.32 Å². The van der Waals surface area contributed by atoms with E-state index in [-0.39, 0.29) is 24.4 Å². The number of carbonyl (C=O) groups is 2. The Bertz CT molecular complexity index is 900. The predicted octanol–water partition coefficient (Wildman–Crippen LogP) is 4.02. The van der Waals surface area contributed by atoms with Crippen LogP contribution in [0, 0.1) is 18.8 Å². The van der Waals surface area contributed by atoms with Gasteiger partial charge in [-0.3, -0.25) is 4.79 Å². The Morgan fingerprint density at radius 3 is 2.77 bits per heavy atom. The highest BCUT2D eigenvalue weighted by Gasteiger charge is 2.32. The topological polar surface area (TPSA) is 90.4 Å². The number of benzene rings is 1. The number of anilines is 1. The molecule has 1 heterocycles. The van der Waals surface area contributed by atoms with Gasteiger partial charge in [-0.05, 0) is 38.7 Å². The number of rotatable bonds is 7. The van der Waals surface area contributed by atoms with Gasteiger partial charge >= 0.3 is 11.9 Å². The molecule has 1 N–H and O–H groups in total. The minimum atomic E-state index is -0.469. The van der Waals surface area contributed by atoms with Crippen molar-refractivity contribution < 1.29 is 19.1 Å². The lowest BCUT2D eigenvalue weighted by atomic mass is 9.79. The van der Waals surface area contributed by atoms with Crippen LogP contribution in [0.1, 0.15) is 48.5 Å². The zero-order valence-corrected chi connectivity index (χ0v) is 17.8. The Morgan fingerprint density at radius 2 is 2.03 bits per heavy atom. The maximum absolute atomic E-state index is 12.4. The molecule has 7 heteroatoms. The molecule has 1 aliphatic rings. The Kier molecular flexibility index (Phi) is 7.38. The van der Waals surface area contributed by atoms with E-state index >= 15 is 0 Å². The number of nitrogens with one attached hydrogen (secondary N) is 1. The van der Waals surface area contributed by atoms with Crippen molar-refractivity contribution in [3.05, 3.63) is 41.6 Å². The van der Waals surface area contributed by atoms with Crippen LogP contribution in [0.3, 0.4) is 0 Å². The summed E-state index contributed by atoms with van der Waals surface area (Å²) in [5, 5.41) is 3.30. The number of esters is 2. The van der Waals surface area contributed by atoms with Gasteiger partial charge in [-0.15, -0.1) is 0 Å². The lowest BCUT2D eigenvalue weighted by molar-refractivity contribution is -0.148. The van der Waals surface area contributed by atoms with E-state index in [9.17, 15) is 9.59 Å². The summed E-state index contributed by atoms with van der Waals surface area (Å²) in [6, 6.07) is 7.89. The third-order valence-electron chi connectivity index (χ3n) is 5.51. The van der Waals surface area contributed by atoms with Gasteiger partial charge in [0, 0.05) is 18.3 Å². The van der Waals surface area contributed by atoms with Crippen molar-refractivity contribution in [3.63, 3.8) is 0 Å². The van der Waals surface area contributed by atoms with Crippen molar-refractivity contribution in [2.75, 3.05) is 25.6 Å². The van der Waals surface area contributed by atoms with Crippen molar-refractivity contribution in [2.24, 2.45) is 11.8 Å². The Hall–Kier alpha value is -2.96. The molecule has 0 spiro atoms. The maximum Gasteiger partial charge on any atom is 0.343 e. The molecule has 2 unspecified atom stereocenters. The van der Waals surface area contributed by atoms with Gasteiger partial charge in [0.25, 0.3) is 0 Å². The lowest BCUT2D eigenvalue weighted by Crippen LogP contribution is -2.33. The first kappa shape index (κ1) is 21.7. The van der Waals surface area contributed by atoms with Gasteiger partial charge < -0.3 is 14.8 Å². The summed E-state index contributed by atoms with van der Waals surface area (Å²) < 4.78 is 10.2. The van der Waals surface area contributed by atoms with Crippen molar-refractivity contribution in [1.82, 2.24) is 9.97 Å². The van der Waals surface area contributed by atoms with Gasteiger partial charge in [-0.2, -0.15) is 0 Å². The number of carbonyl (C=O) groups excluding carboxylic acids is 2. The largest absolute Gasteiger partial charge is 0.469 e. The van der Waals surface area contributed by atoms with Gasteiger partial charge in [0.05, 0.1) is 19.6 Å². The number of aryl methyl sites for hydroxylation is 1. The van der Waals surface area contributed by atoms with Crippen LogP contribution in [0.4, 0.5) is 5.82 Å². The third-order valence-corrected chi connectivity index (χ3v) is 5.51. The number of nitrogens with zero attached hydrogens (tertiary/aromatic N) is 2. The number of ether oxygens (including phenoxy) is 2. The smallest absolute Gasteiger partial charge is 0.343 e. The highest BCUT2D eigenvalue weighted by molar-refractivity contribution is 5.94. The van der Waals surface area contributed by atoms with Gasteiger partial charge in [-0.1, -0.05) is 36.6 Å². The summed E-state index contributed by atoms with van der Waals surface area (Å²) in [4.78, 5) is 33.6. The van der Waals surface area contributed by atoms with Crippen LogP contribution >= 0.6 is 0 Å². The quantitative estimate of drug-likeness (QED) is 0.688. The van der Waals surface area contributed by atoms with Crippen LogP contribution in [-0.2, 0) is 14.3 Å². The second-order valence-electron chi connectivity index (χ2n) is 7.60. The molecule has 0 radical (unpaired) electrons. The molecule has 30 heavy (non-hydrogen) atoms. The van der Waals surface area contributed by atoms with Crippen molar-refractivity contribution in [1.29, 1.82) is 0 Å². The summed E-state index contributed by atoms with van der Waals surface area (Å²) in [5.41, 5.74) is 2.26. The number of aromatic nitrogens is 2. The lowest BCUT2D eigenvalue weighted by Gasteiger charge is -2.30. The van der Waals surface area contributed by atoms with E-state index in [2.05, 4.69) is 15.3 Å². The molecule has 1 saturated carbocycles. The van der Waals surface area contributed by atoms with Crippen LogP contribution in [0.2, 0.25) is 0 Å². The third kappa shape index (κ3) is 5.14. The maximum atomic E-state index is 12.4. The SMILES string of the molecule is CCOC(=O)c1cnc(-c2cccc(C)c2)nc1NCC1CCCCC1C(=O)OC. The molecule has 1 fully saturated rings. The zero-order valence-electron chi connectivity index (χ0n) is 17.8. The molecule has 1 aromatic carbocycles. The predicted molar refractivity (Wildman–Crippen MR) is 114 cm³/mol. The van der Waals surface area contributed by atoms with E-state index in [0.29, 0.717) is 23.8 Å². The summed E-state index contributed by atoms with van der Waals surface area (Å²) in [6.45, 7) is 4.56. The molecular weight excluding hydrogens is 382 g/mol. The fraction of sp³-hybridized carbons (Fsp3) is 0.478. The number of methoxy groups -OCH3 is 1. The average Bonchev–Trinajstić information content (AvgIpc) is 2.77. The van der Waals surface area contributed by atoms with E-state index in [4.69, 9.17) is 9.47 Å². The van der Waals surface area contributed by atoms with Gasteiger partial charge in [0.15, 0.2) is 5.82 Å². The Labute approximate surface area is 177 Å².